The number of aliphatic hydroxyl groups excluding tert-OH is 1. The summed E-state index contributed by atoms with van der Waals surface area (Å²) < 4.78 is 1.95. The van der Waals surface area contributed by atoms with E-state index in [1.807, 2.05) is 28.9 Å². The van der Waals surface area contributed by atoms with Gasteiger partial charge >= 0.3 is 0 Å². The van der Waals surface area contributed by atoms with Crippen molar-refractivity contribution in [2.45, 2.75) is 25.4 Å². The summed E-state index contributed by atoms with van der Waals surface area (Å²) >= 11 is 12.3. The smallest absolute Gasteiger partial charge is 0.137 e. The fraction of sp³-hybridized carbons (Fsp3) is 0.278. The number of aromatic hydroxyl groups is 1. The topological polar surface area (TPSA) is 57.8 Å². The lowest BCUT2D eigenvalue weighted by Gasteiger charge is -2.30. The Morgan fingerprint density at radius 2 is 2.00 bits per heavy atom. The lowest BCUT2D eigenvalue weighted by molar-refractivity contribution is 0.0429. The Bertz CT molecular complexity index is 917. The second-order valence-corrected chi connectivity index (χ2v) is 7.15. The van der Waals surface area contributed by atoms with Crippen molar-refractivity contribution in [1.82, 2.24) is 9.38 Å². The first-order valence-electron chi connectivity index (χ1n) is 7.84. The van der Waals surface area contributed by atoms with Crippen LogP contribution in [-0.2, 0) is 6.42 Å². The van der Waals surface area contributed by atoms with E-state index >= 15 is 0 Å². The van der Waals surface area contributed by atoms with Crippen molar-refractivity contribution in [3.8, 4) is 16.9 Å². The van der Waals surface area contributed by atoms with Gasteiger partial charge < -0.3 is 14.6 Å². The molecule has 0 amide bonds. The largest absolute Gasteiger partial charge is 0.507 e. The molecule has 1 aromatic carbocycles. The standard InChI is InChI=1S/C18H16Cl2N2O2/c19-14-1-2-15(24)17(18(14)20)11-3-4-22-9-12(21-16(22)8-11)5-10-6-13(23)7-10/h1-4,8-10,13,23-24H,5-7H2. The number of phenols is 1. The highest BCUT2D eigenvalue weighted by atomic mass is 35.5. The van der Waals surface area contributed by atoms with Crippen molar-refractivity contribution in [3.63, 3.8) is 0 Å². The predicted molar refractivity (Wildman–Crippen MR) is 94.7 cm³/mol. The van der Waals surface area contributed by atoms with Crippen LogP contribution in [0.2, 0.25) is 10.0 Å². The van der Waals surface area contributed by atoms with Crippen LogP contribution in [0.3, 0.4) is 0 Å². The summed E-state index contributed by atoms with van der Waals surface area (Å²) in [5, 5.41) is 20.3. The Balaban J connectivity index is 1.70. The fourth-order valence-corrected chi connectivity index (χ4v) is 3.69. The van der Waals surface area contributed by atoms with Gasteiger partial charge in [-0.25, -0.2) is 4.98 Å². The maximum Gasteiger partial charge on any atom is 0.137 e. The van der Waals surface area contributed by atoms with Gasteiger partial charge in [-0.1, -0.05) is 23.2 Å². The molecule has 24 heavy (non-hydrogen) atoms. The normalized spacial score (nSPS) is 20.3. The second kappa shape index (κ2) is 5.96. The monoisotopic (exact) mass is 362 g/mol. The lowest BCUT2D eigenvalue weighted by Crippen LogP contribution is -2.29. The van der Waals surface area contributed by atoms with E-state index in [0.717, 1.165) is 36.2 Å². The number of rotatable bonds is 3. The van der Waals surface area contributed by atoms with E-state index in [1.165, 1.54) is 6.07 Å². The molecule has 1 aliphatic carbocycles. The highest BCUT2D eigenvalue weighted by Crippen LogP contribution is 2.40. The Hall–Kier alpha value is -1.75. The third kappa shape index (κ3) is 2.75. The van der Waals surface area contributed by atoms with Crippen LogP contribution in [0.25, 0.3) is 16.8 Å². The molecule has 2 N–H and O–H groups in total. The minimum Gasteiger partial charge on any atom is -0.507 e. The first-order chi connectivity index (χ1) is 11.5. The van der Waals surface area contributed by atoms with Crippen LogP contribution < -0.4 is 0 Å². The zero-order chi connectivity index (χ0) is 16.8. The average Bonchev–Trinajstić information content (AvgIpc) is 2.92. The van der Waals surface area contributed by atoms with Gasteiger partial charge in [0.05, 0.1) is 21.8 Å². The Labute approximate surface area is 149 Å². The molecule has 0 aliphatic heterocycles. The number of fused-ring (bicyclic) bond motifs is 1. The maximum atomic E-state index is 10.1. The van der Waals surface area contributed by atoms with Gasteiger partial charge in [-0.15, -0.1) is 0 Å². The highest BCUT2D eigenvalue weighted by Gasteiger charge is 2.27. The van der Waals surface area contributed by atoms with Crippen molar-refractivity contribution >= 4 is 28.8 Å². The van der Waals surface area contributed by atoms with Crippen molar-refractivity contribution in [3.05, 3.63) is 52.4 Å². The van der Waals surface area contributed by atoms with Crippen LogP contribution in [0, 0.1) is 5.92 Å². The minimum atomic E-state index is -0.147. The fourth-order valence-electron chi connectivity index (χ4n) is 3.27. The number of imidazole rings is 1. The number of benzene rings is 1. The Morgan fingerprint density at radius 1 is 1.21 bits per heavy atom. The zero-order valence-corrected chi connectivity index (χ0v) is 14.3. The van der Waals surface area contributed by atoms with Crippen LogP contribution in [0.1, 0.15) is 18.5 Å². The van der Waals surface area contributed by atoms with Gasteiger partial charge in [-0.3, -0.25) is 0 Å². The van der Waals surface area contributed by atoms with Crippen molar-refractivity contribution in [1.29, 1.82) is 0 Å². The number of aliphatic hydroxyl groups is 1. The molecule has 4 rings (SSSR count). The molecule has 3 aromatic rings. The molecule has 0 saturated heterocycles. The molecule has 0 atom stereocenters. The van der Waals surface area contributed by atoms with Crippen molar-refractivity contribution in [2.24, 2.45) is 5.92 Å². The number of phenolic OH excluding ortho intramolecular Hbond substituents is 1. The molecule has 0 spiro atoms. The number of pyridine rings is 1. The highest BCUT2D eigenvalue weighted by molar-refractivity contribution is 6.44. The summed E-state index contributed by atoms with van der Waals surface area (Å²) in [7, 11) is 0. The van der Waals surface area contributed by atoms with Gasteiger partial charge in [0, 0.05) is 18.0 Å². The molecule has 2 heterocycles. The van der Waals surface area contributed by atoms with Gasteiger partial charge in [0.2, 0.25) is 0 Å². The molecule has 1 saturated carbocycles. The summed E-state index contributed by atoms with van der Waals surface area (Å²) in [6.45, 7) is 0. The van der Waals surface area contributed by atoms with Crippen molar-refractivity contribution in [2.75, 3.05) is 0 Å². The molecule has 1 aliphatic rings. The predicted octanol–water partition coefficient (Wildman–Crippen LogP) is 4.33. The molecular formula is C18H16Cl2N2O2. The summed E-state index contributed by atoms with van der Waals surface area (Å²) in [5.74, 6) is 0.597. The Kier molecular flexibility index (Phi) is 3.91. The molecular weight excluding hydrogens is 347 g/mol. The first-order valence-corrected chi connectivity index (χ1v) is 8.60. The molecule has 2 aromatic heterocycles. The quantitative estimate of drug-likeness (QED) is 0.728. The number of hydrogen-bond donors (Lipinski definition) is 2. The number of hydrogen-bond acceptors (Lipinski definition) is 3. The summed E-state index contributed by atoms with van der Waals surface area (Å²) in [4.78, 5) is 4.65. The van der Waals surface area contributed by atoms with Crippen LogP contribution in [0.5, 0.6) is 5.75 Å². The van der Waals surface area contributed by atoms with Crippen LogP contribution in [0.15, 0.2) is 36.7 Å². The molecule has 1 fully saturated rings. The molecule has 6 heteroatoms. The van der Waals surface area contributed by atoms with E-state index in [1.54, 1.807) is 6.07 Å². The van der Waals surface area contributed by atoms with E-state index in [2.05, 4.69) is 4.98 Å². The molecule has 0 bridgehead atoms. The van der Waals surface area contributed by atoms with Gasteiger partial charge in [0.15, 0.2) is 0 Å². The van der Waals surface area contributed by atoms with Gasteiger partial charge in [0.25, 0.3) is 0 Å². The van der Waals surface area contributed by atoms with Crippen molar-refractivity contribution < 1.29 is 10.2 Å². The SMILES string of the molecule is Oc1ccc(Cl)c(Cl)c1-c1ccn2cc(CC3CC(O)C3)nc2c1. The zero-order valence-electron chi connectivity index (χ0n) is 12.8. The maximum absolute atomic E-state index is 10.1. The third-order valence-corrected chi connectivity index (χ3v) is 5.38. The van der Waals surface area contributed by atoms with E-state index in [0.29, 0.717) is 21.5 Å². The van der Waals surface area contributed by atoms with Gasteiger partial charge in [-0.2, -0.15) is 0 Å². The second-order valence-electron chi connectivity index (χ2n) is 6.36. The Morgan fingerprint density at radius 3 is 2.75 bits per heavy atom. The molecule has 0 radical (unpaired) electrons. The molecule has 0 unspecified atom stereocenters. The molecule has 4 nitrogen and oxygen atoms in total. The summed E-state index contributed by atoms with van der Waals surface area (Å²) in [5.41, 5.74) is 3.07. The van der Waals surface area contributed by atoms with E-state index in [4.69, 9.17) is 23.2 Å². The van der Waals surface area contributed by atoms with Gasteiger partial charge in [-0.05, 0) is 55.0 Å². The van der Waals surface area contributed by atoms with E-state index in [9.17, 15) is 10.2 Å². The number of aromatic nitrogens is 2. The van der Waals surface area contributed by atoms with E-state index in [-0.39, 0.29) is 11.9 Å². The average molecular weight is 363 g/mol. The summed E-state index contributed by atoms with van der Waals surface area (Å²) in [6, 6.07) is 6.87. The first kappa shape index (κ1) is 15.8. The van der Waals surface area contributed by atoms with E-state index < -0.39 is 0 Å². The van der Waals surface area contributed by atoms with Gasteiger partial charge in [0.1, 0.15) is 11.4 Å². The summed E-state index contributed by atoms with van der Waals surface area (Å²) in [6.07, 6.45) is 6.33. The van der Waals surface area contributed by atoms with Crippen LogP contribution >= 0.6 is 23.2 Å². The number of halogens is 2. The number of nitrogens with zero attached hydrogens (tertiary/aromatic N) is 2. The minimum absolute atomic E-state index is 0.0870. The molecule has 124 valence electrons. The van der Waals surface area contributed by atoms with Crippen LogP contribution in [0.4, 0.5) is 0 Å². The third-order valence-electron chi connectivity index (χ3n) is 4.58. The lowest BCUT2D eigenvalue weighted by atomic mass is 9.80. The van der Waals surface area contributed by atoms with Crippen LogP contribution in [-0.4, -0.2) is 25.7 Å².